The first-order valence-corrected chi connectivity index (χ1v) is 12.7. The van der Waals surface area contributed by atoms with Gasteiger partial charge in [0.05, 0.1) is 29.9 Å². The Morgan fingerprint density at radius 1 is 1.11 bits per heavy atom. The summed E-state index contributed by atoms with van der Waals surface area (Å²) < 4.78 is 11.6. The Morgan fingerprint density at radius 3 is 2.46 bits per heavy atom. The molecule has 0 radical (unpaired) electrons. The van der Waals surface area contributed by atoms with E-state index in [1.165, 1.54) is 0 Å². The average molecular weight is 492 g/mol. The van der Waals surface area contributed by atoms with Crippen LogP contribution in [-0.2, 0) is 16.8 Å². The Labute approximate surface area is 209 Å². The van der Waals surface area contributed by atoms with E-state index in [1.807, 2.05) is 52.4 Å². The number of nitrogens with zero attached hydrogens (tertiary/aromatic N) is 3. The molecule has 8 heteroatoms. The van der Waals surface area contributed by atoms with Crippen molar-refractivity contribution >= 4 is 23.3 Å². The van der Waals surface area contributed by atoms with Gasteiger partial charge in [-0.05, 0) is 31.5 Å². The van der Waals surface area contributed by atoms with Gasteiger partial charge in [-0.1, -0.05) is 42.5 Å². The third-order valence-corrected chi connectivity index (χ3v) is 8.27. The summed E-state index contributed by atoms with van der Waals surface area (Å²) in [5, 5.41) is 2.96. The number of carbonyl (C=O) groups is 2. The molecule has 0 bridgehead atoms. The van der Waals surface area contributed by atoms with Crippen LogP contribution >= 0.6 is 11.3 Å². The number of rotatable bonds is 5. The number of piperidine rings is 1. The van der Waals surface area contributed by atoms with E-state index in [1.54, 1.807) is 30.6 Å². The highest BCUT2D eigenvalue weighted by atomic mass is 32.1. The van der Waals surface area contributed by atoms with Gasteiger partial charge in [-0.15, -0.1) is 11.3 Å². The fourth-order valence-electron chi connectivity index (χ4n) is 5.45. The van der Waals surface area contributed by atoms with Gasteiger partial charge in [-0.2, -0.15) is 0 Å². The molecular formula is C27H29N3O4S. The number of likely N-dealkylation sites (tertiary alicyclic amines) is 1. The van der Waals surface area contributed by atoms with Crippen LogP contribution in [0.2, 0.25) is 0 Å². The van der Waals surface area contributed by atoms with Gasteiger partial charge in [-0.25, -0.2) is 9.78 Å². The summed E-state index contributed by atoms with van der Waals surface area (Å²) in [6, 6.07) is 17.3. The van der Waals surface area contributed by atoms with Crippen molar-refractivity contribution in [1.82, 2.24) is 14.8 Å². The number of methoxy groups -OCH3 is 1. The first-order chi connectivity index (χ1) is 16.9. The highest BCUT2D eigenvalue weighted by Crippen LogP contribution is 2.52. The normalized spacial score (nSPS) is 21.3. The van der Waals surface area contributed by atoms with E-state index >= 15 is 0 Å². The van der Waals surface area contributed by atoms with E-state index in [0.29, 0.717) is 43.8 Å². The van der Waals surface area contributed by atoms with E-state index in [9.17, 15) is 9.59 Å². The van der Waals surface area contributed by atoms with Crippen molar-refractivity contribution < 1.29 is 19.1 Å². The van der Waals surface area contributed by atoms with Crippen molar-refractivity contribution in [3.05, 3.63) is 81.8 Å². The standard InChI is InChI=1S/C27H29N3O4S/c1-19-28-21(18-35-19)17-30-25(32)34-27(26(30,2)20-9-5-4-6-10-20)13-15-29(16-14-27)24(31)22-11-7-8-12-23(22)33-3/h4-12,18H,13-17H2,1-3H3. The fourth-order valence-corrected chi connectivity index (χ4v) is 6.05. The molecule has 1 aromatic heterocycles. The maximum absolute atomic E-state index is 13.4. The minimum atomic E-state index is -0.756. The molecule has 3 heterocycles. The fraction of sp³-hybridized carbons (Fsp3) is 0.370. The van der Waals surface area contributed by atoms with Crippen LogP contribution in [-0.4, -0.2) is 52.6 Å². The van der Waals surface area contributed by atoms with E-state index in [0.717, 1.165) is 16.3 Å². The first-order valence-electron chi connectivity index (χ1n) is 11.8. The molecule has 2 aliphatic heterocycles. The van der Waals surface area contributed by atoms with Crippen LogP contribution < -0.4 is 4.74 Å². The van der Waals surface area contributed by atoms with Crippen LogP contribution in [0, 0.1) is 6.92 Å². The minimum absolute atomic E-state index is 0.0714. The molecule has 5 rings (SSSR count). The summed E-state index contributed by atoms with van der Waals surface area (Å²) in [6.07, 6.45) is 0.737. The smallest absolute Gasteiger partial charge is 0.411 e. The number of aryl methyl sites for hydroxylation is 1. The summed E-state index contributed by atoms with van der Waals surface area (Å²) in [4.78, 5) is 34.9. The Kier molecular flexibility index (Phi) is 6.01. The molecule has 0 aliphatic carbocycles. The second-order valence-corrected chi connectivity index (χ2v) is 10.3. The number of aromatic nitrogens is 1. The van der Waals surface area contributed by atoms with Gasteiger partial charge < -0.3 is 14.4 Å². The Morgan fingerprint density at radius 2 is 1.80 bits per heavy atom. The van der Waals surface area contributed by atoms with E-state index in [-0.39, 0.29) is 12.0 Å². The molecule has 2 amide bonds. The number of carbonyl (C=O) groups excluding carboxylic acids is 2. The summed E-state index contributed by atoms with van der Waals surface area (Å²) in [7, 11) is 1.57. The lowest BCUT2D eigenvalue weighted by atomic mass is 9.70. The predicted octanol–water partition coefficient (Wildman–Crippen LogP) is 5.00. The second kappa shape index (κ2) is 9.00. The molecule has 1 atom stereocenters. The SMILES string of the molecule is COc1ccccc1C(=O)N1CCC2(CC1)OC(=O)N(Cc1csc(C)n1)C2(C)c1ccccc1. The van der Waals surface area contributed by atoms with Crippen molar-refractivity contribution in [1.29, 1.82) is 0 Å². The van der Waals surface area contributed by atoms with Crippen molar-refractivity contribution in [2.24, 2.45) is 0 Å². The van der Waals surface area contributed by atoms with Crippen LogP contribution in [0.5, 0.6) is 5.75 Å². The largest absolute Gasteiger partial charge is 0.496 e. The number of para-hydroxylation sites is 1. The number of amides is 2. The van der Waals surface area contributed by atoms with Gasteiger partial charge in [0.25, 0.3) is 5.91 Å². The zero-order valence-electron chi connectivity index (χ0n) is 20.2. The predicted molar refractivity (Wildman–Crippen MR) is 134 cm³/mol. The van der Waals surface area contributed by atoms with Gasteiger partial charge in [0.1, 0.15) is 16.9 Å². The van der Waals surface area contributed by atoms with Crippen LogP contribution in [0.3, 0.4) is 0 Å². The van der Waals surface area contributed by atoms with Crippen LogP contribution in [0.4, 0.5) is 4.79 Å². The average Bonchev–Trinajstić information content (AvgIpc) is 3.39. The molecule has 1 unspecified atom stereocenters. The Hall–Kier alpha value is -3.39. The maximum atomic E-state index is 13.4. The van der Waals surface area contributed by atoms with Crippen LogP contribution in [0.25, 0.3) is 0 Å². The van der Waals surface area contributed by atoms with Crippen LogP contribution in [0.1, 0.15) is 46.4 Å². The quantitative estimate of drug-likeness (QED) is 0.502. The Bertz CT molecular complexity index is 1240. The van der Waals surface area contributed by atoms with Crippen LogP contribution in [0.15, 0.2) is 60.0 Å². The minimum Gasteiger partial charge on any atom is -0.496 e. The summed E-state index contributed by atoms with van der Waals surface area (Å²) in [5.41, 5.74) is 0.951. The lowest BCUT2D eigenvalue weighted by Crippen LogP contribution is -2.58. The number of hydrogen-bond donors (Lipinski definition) is 0. The van der Waals surface area contributed by atoms with Gasteiger partial charge in [0, 0.05) is 31.3 Å². The molecule has 2 saturated heterocycles. The molecule has 2 aromatic carbocycles. The van der Waals surface area contributed by atoms with E-state index in [4.69, 9.17) is 9.47 Å². The zero-order valence-corrected chi connectivity index (χ0v) is 21.0. The molecule has 0 N–H and O–H groups in total. The van der Waals surface area contributed by atoms with Gasteiger partial charge in [0.2, 0.25) is 0 Å². The molecular weight excluding hydrogens is 462 g/mol. The highest BCUT2D eigenvalue weighted by Gasteiger charge is 2.64. The molecule has 2 aliphatic rings. The number of benzene rings is 2. The molecule has 1 spiro atoms. The summed E-state index contributed by atoms with van der Waals surface area (Å²) >= 11 is 1.57. The molecule has 182 valence electrons. The molecule has 35 heavy (non-hydrogen) atoms. The maximum Gasteiger partial charge on any atom is 0.411 e. The second-order valence-electron chi connectivity index (χ2n) is 9.24. The number of thiazole rings is 1. The third kappa shape index (κ3) is 3.86. The van der Waals surface area contributed by atoms with Crippen molar-refractivity contribution in [2.45, 2.75) is 44.4 Å². The molecule has 2 fully saturated rings. The van der Waals surface area contributed by atoms with Gasteiger partial charge in [0.15, 0.2) is 0 Å². The third-order valence-electron chi connectivity index (χ3n) is 7.45. The molecule has 0 saturated carbocycles. The zero-order chi connectivity index (χ0) is 24.6. The van der Waals surface area contributed by atoms with Gasteiger partial charge >= 0.3 is 6.09 Å². The number of ether oxygens (including phenoxy) is 2. The number of hydrogen-bond acceptors (Lipinski definition) is 6. The molecule has 7 nitrogen and oxygen atoms in total. The summed E-state index contributed by atoms with van der Waals surface area (Å²) in [5.74, 6) is 0.488. The monoisotopic (exact) mass is 491 g/mol. The highest BCUT2D eigenvalue weighted by molar-refractivity contribution is 7.09. The van der Waals surface area contributed by atoms with Gasteiger partial charge in [-0.3, -0.25) is 9.69 Å². The Balaban J connectivity index is 1.45. The van der Waals surface area contributed by atoms with Crippen molar-refractivity contribution in [3.8, 4) is 5.75 Å². The van der Waals surface area contributed by atoms with E-state index in [2.05, 4.69) is 24.0 Å². The molecule has 3 aromatic rings. The summed E-state index contributed by atoms with van der Waals surface area (Å²) in [6.45, 7) is 5.39. The lowest BCUT2D eigenvalue weighted by molar-refractivity contribution is -0.0552. The lowest BCUT2D eigenvalue weighted by Gasteiger charge is -2.48. The topological polar surface area (TPSA) is 72.0 Å². The first kappa shape index (κ1) is 23.4. The van der Waals surface area contributed by atoms with Crippen molar-refractivity contribution in [2.75, 3.05) is 20.2 Å². The van der Waals surface area contributed by atoms with E-state index < -0.39 is 11.1 Å². The van der Waals surface area contributed by atoms with Crippen molar-refractivity contribution in [3.63, 3.8) is 0 Å².